The SMILES string of the molecule is Cc1ccc(OCCOc2ccc(CCN3CC(C(=O)O)CC3=O)cc2)cc1. The first-order valence-corrected chi connectivity index (χ1v) is 9.43. The number of carboxylic acid groups (broad SMARTS) is 1. The number of carbonyl (C=O) groups excluding carboxylic acids is 1. The third-order valence-electron chi connectivity index (χ3n) is 4.80. The Hall–Kier alpha value is -3.02. The van der Waals surface area contributed by atoms with Gasteiger partial charge in [0, 0.05) is 19.5 Å². The number of benzene rings is 2. The van der Waals surface area contributed by atoms with Crippen LogP contribution in [0.2, 0.25) is 0 Å². The summed E-state index contributed by atoms with van der Waals surface area (Å²) in [6.45, 7) is 3.79. The van der Waals surface area contributed by atoms with Crippen LogP contribution in [0.5, 0.6) is 11.5 Å². The summed E-state index contributed by atoms with van der Waals surface area (Å²) >= 11 is 0. The second-order valence-corrected chi connectivity index (χ2v) is 6.98. The Morgan fingerprint density at radius 2 is 1.61 bits per heavy atom. The molecule has 1 N–H and O–H groups in total. The van der Waals surface area contributed by atoms with Crippen LogP contribution in [0.4, 0.5) is 0 Å². The molecule has 0 radical (unpaired) electrons. The van der Waals surface area contributed by atoms with Crippen LogP contribution in [0.3, 0.4) is 0 Å². The Bertz CT molecular complexity index is 801. The smallest absolute Gasteiger partial charge is 0.308 e. The highest BCUT2D eigenvalue weighted by Gasteiger charge is 2.33. The number of aliphatic carboxylic acids is 1. The largest absolute Gasteiger partial charge is 0.490 e. The Labute approximate surface area is 164 Å². The van der Waals surface area contributed by atoms with Crippen molar-refractivity contribution in [3.63, 3.8) is 0 Å². The molecule has 6 heteroatoms. The van der Waals surface area contributed by atoms with Gasteiger partial charge in [-0.3, -0.25) is 9.59 Å². The van der Waals surface area contributed by atoms with Crippen LogP contribution in [0, 0.1) is 12.8 Å². The zero-order chi connectivity index (χ0) is 19.9. The molecule has 2 aromatic rings. The number of likely N-dealkylation sites (tertiary alicyclic amines) is 1. The van der Waals surface area contributed by atoms with Gasteiger partial charge in [0.2, 0.25) is 5.91 Å². The van der Waals surface area contributed by atoms with Crippen molar-refractivity contribution in [3.05, 3.63) is 59.7 Å². The van der Waals surface area contributed by atoms with Crippen molar-refractivity contribution < 1.29 is 24.2 Å². The fraction of sp³-hybridized carbons (Fsp3) is 0.364. The molecule has 3 rings (SSSR count). The molecule has 0 saturated carbocycles. The van der Waals surface area contributed by atoms with E-state index in [0.717, 1.165) is 17.1 Å². The van der Waals surface area contributed by atoms with Gasteiger partial charge in [-0.15, -0.1) is 0 Å². The highest BCUT2D eigenvalue weighted by Crippen LogP contribution is 2.19. The molecule has 1 atom stereocenters. The summed E-state index contributed by atoms with van der Waals surface area (Å²) in [6.07, 6.45) is 0.793. The molecule has 1 aliphatic heterocycles. The molecule has 0 spiro atoms. The lowest BCUT2D eigenvalue weighted by Gasteiger charge is -2.16. The molecule has 1 aliphatic rings. The molecule has 2 aromatic carbocycles. The third-order valence-corrected chi connectivity index (χ3v) is 4.80. The van der Waals surface area contributed by atoms with Gasteiger partial charge in [-0.05, 0) is 43.2 Å². The van der Waals surface area contributed by atoms with E-state index in [1.165, 1.54) is 5.56 Å². The maximum Gasteiger partial charge on any atom is 0.308 e. The number of hydrogen-bond donors (Lipinski definition) is 1. The zero-order valence-electron chi connectivity index (χ0n) is 16.0. The van der Waals surface area contributed by atoms with Crippen LogP contribution >= 0.6 is 0 Å². The molecule has 0 bridgehead atoms. The molecule has 1 unspecified atom stereocenters. The number of amides is 1. The fourth-order valence-corrected chi connectivity index (χ4v) is 3.12. The fourth-order valence-electron chi connectivity index (χ4n) is 3.12. The monoisotopic (exact) mass is 383 g/mol. The first-order chi connectivity index (χ1) is 13.5. The van der Waals surface area contributed by atoms with Gasteiger partial charge in [0.15, 0.2) is 0 Å². The van der Waals surface area contributed by atoms with Crippen LogP contribution < -0.4 is 9.47 Å². The van der Waals surface area contributed by atoms with E-state index in [1.54, 1.807) is 4.90 Å². The second-order valence-electron chi connectivity index (χ2n) is 6.98. The lowest BCUT2D eigenvalue weighted by Crippen LogP contribution is -2.28. The van der Waals surface area contributed by atoms with Gasteiger partial charge in [0.05, 0.1) is 5.92 Å². The standard InChI is InChI=1S/C22H25NO5/c1-16-2-6-19(7-3-16)27-12-13-28-20-8-4-17(5-9-20)10-11-23-15-18(22(25)26)14-21(23)24/h2-9,18H,10-15H2,1H3,(H,25,26). The van der Waals surface area contributed by atoms with Crippen LogP contribution in [-0.4, -0.2) is 48.2 Å². The van der Waals surface area contributed by atoms with E-state index in [1.807, 2.05) is 55.5 Å². The molecule has 0 aliphatic carbocycles. The normalized spacial score (nSPS) is 16.2. The minimum absolute atomic E-state index is 0.0825. The summed E-state index contributed by atoms with van der Waals surface area (Å²) in [5.74, 6) is 0.0284. The summed E-state index contributed by atoms with van der Waals surface area (Å²) in [7, 11) is 0. The van der Waals surface area contributed by atoms with Gasteiger partial charge in [-0.1, -0.05) is 29.8 Å². The van der Waals surface area contributed by atoms with Crippen molar-refractivity contribution in [3.8, 4) is 11.5 Å². The molecular weight excluding hydrogens is 358 g/mol. The first kappa shape index (κ1) is 19.7. The van der Waals surface area contributed by atoms with Gasteiger partial charge in [-0.2, -0.15) is 0 Å². The van der Waals surface area contributed by atoms with Crippen LogP contribution in [0.25, 0.3) is 0 Å². The first-order valence-electron chi connectivity index (χ1n) is 9.43. The van der Waals surface area contributed by atoms with Gasteiger partial charge in [-0.25, -0.2) is 0 Å². The number of carbonyl (C=O) groups is 2. The van der Waals surface area contributed by atoms with Crippen molar-refractivity contribution >= 4 is 11.9 Å². The van der Waals surface area contributed by atoms with Gasteiger partial charge in [0.1, 0.15) is 24.7 Å². The lowest BCUT2D eigenvalue weighted by molar-refractivity contribution is -0.141. The van der Waals surface area contributed by atoms with Crippen molar-refractivity contribution in [1.29, 1.82) is 0 Å². The summed E-state index contributed by atoms with van der Waals surface area (Å²) in [5, 5.41) is 9.03. The van der Waals surface area contributed by atoms with Crippen LogP contribution in [0.1, 0.15) is 17.5 Å². The Kier molecular flexibility index (Phi) is 6.53. The molecule has 1 saturated heterocycles. The maximum atomic E-state index is 11.9. The quantitative estimate of drug-likeness (QED) is 0.674. The van der Waals surface area contributed by atoms with Crippen LogP contribution in [-0.2, 0) is 16.0 Å². The number of aryl methyl sites for hydroxylation is 1. The number of hydrogen-bond acceptors (Lipinski definition) is 4. The van der Waals surface area contributed by atoms with Crippen LogP contribution in [0.15, 0.2) is 48.5 Å². The zero-order valence-corrected chi connectivity index (χ0v) is 16.0. The highest BCUT2D eigenvalue weighted by atomic mass is 16.5. The minimum atomic E-state index is -0.899. The summed E-state index contributed by atoms with van der Waals surface area (Å²) in [6, 6.07) is 15.6. The van der Waals surface area contributed by atoms with E-state index in [9.17, 15) is 9.59 Å². The van der Waals surface area contributed by atoms with E-state index in [4.69, 9.17) is 14.6 Å². The molecule has 148 valence electrons. The topological polar surface area (TPSA) is 76.1 Å². The molecule has 6 nitrogen and oxygen atoms in total. The number of ether oxygens (including phenoxy) is 2. The van der Waals surface area contributed by atoms with Crippen molar-refractivity contribution in [2.75, 3.05) is 26.3 Å². The van der Waals surface area contributed by atoms with E-state index in [2.05, 4.69) is 0 Å². The van der Waals surface area contributed by atoms with Crippen molar-refractivity contribution in [2.24, 2.45) is 5.92 Å². The van der Waals surface area contributed by atoms with Gasteiger partial charge < -0.3 is 19.5 Å². The second kappa shape index (κ2) is 9.26. The molecule has 1 amide bonds. The van der Waals surface area contributed by atoms with Gasteiger partial charge in [0.25, 0.3) is 0 Å². The average molecular weight is 383 g/mol. The lowest BCUT2D eigenvalue weighted by atomic mass is 10.1. The summed E-state index contributed by atoms with van der Waals surface area (Å²) in [5.41, 5.74) is 2.27. The Morgan fingerprint density at radius 3 is 2.14 bits per heavy atom. The summed E-state index contributed by atoms with van der Waals surface area (Å²) < 4.78 is 11.3. The molecular formula is C22H25NO5. The predicted molar refractivity (Wildman–Crippen MR) is 105 cm³/mol. The third kappa shape index (κ3) is 5.49. The minimum Gasteiger partial charge on any atom is -0.490 e. The molecule has 1 fully saturated rings. The van der Waals surface area contributed by atoms with E-state index in [-0.39, 0.29) is 12.3 Å². The molecule has 1 heterocycles. The van der Waals surface area contributed by atoms with E-state index >= 15 is 0 Å². The van der Waals surface area contributed by atoms with E-state index in [0.29, 0.717) is 32.7 Å². The van der Waals surface area contributed by atoms with Gasteiger partial charge >= 0.3 is 5.97 Å². The molecule has 0 aromatic heterocycles. The molecule has 28 heavy (non-hydrogen) atoms. The van der Waals surface area contributed by atoms with Crippen molar-refractivity contribution in [1.82, 2.24) is 4.90 Å². The number of rotatable bonds is 9. The number of carboxylic acids is 1. The number of nitrogens with zero attached hydrogens (tertiary/aromatic N) is 1. The Morgan fingerprint density at radius 1 is 1.04 bits per heavy atom. The van der Waals surface area contributed by atoms with E-state index < -0.39 is 11.9 Å². The summed E-state index contributed by atoms with van der Waals surface area (Å²) in [4.78, 5) is 24.5. The maximum absolute atomic E-state index is 11.9. The predicted octanol–water partition coefficient (Wildman–Crippen LogP) is 2.93. The average Bonchev–Trinajstić information content (AvgIpc) is 3.07. The van der Waals surface area contributed by atoms with Crippen molar-refractivity contribution in [2.45, 2.75) is 19.8 Å². The Balaban J connectivity index is 1.38. The highest BCUT2D eigenvalue weighted by molar-refractivity contribution is 5.86.